The number of nitrogens with one attached hydrogen (secondary N) is 1. The van der Waals surface area contributed by atoms with Crippen molar-refractivity contribution in [2.45, 2.75) is 25.7 Å². The van der Waals surface area contributed by atoms with E-state index >= 15 is 0 Å². The fraction of sp³-hybridized carbons (Fsp3) is 0.368. The lowest BCUT2D eigenvalue weighted by atomic mass is 10.1. The van der Waals surface area contributed by atoms with Crippen LogP contribution in [0.15, 0.2) is 48.5 Å². The number of aromatic hydroxyl groups is 1. The van der Waals surface area contributed by atoms with Gasteiger partial charge in [-0.25, -0.2) is 0 Å². The summed E-state index contributed by atoms with van der Waals surface area (Å²) in [5.41, 5.74) is 2.63. The standard InChI is InChI=1S/C19H25NO2/c1-22-19-12-8-17(9-13-19)5-3-15-20-14-2-4-16-6-10-18(21)11-7-16/h6-13,20-21H,2-5,14-15H2,1H3. The maximum absolute atomic E-state index is 9.23. The zero-order valence-electron chi connectivity index (χ0n) is 13.2. The molecule has 3 nitrogen and oxygen atoms in total. The van der Waals surface area contributed by atoms with Crippen molar-refractivity contribution >= 4 is 0 Å². The summed E-state index contributed by atoms with van der Waals surface area (Å²) in [5, 5.41) is 12.7. The average Bonchev–Trinajstić information content (AvgIpc) is 2.56. The van der Waals surface area contributed by atoms with Gasteiger partial charge in [-0.15, -0.1) is 0 Å². The summed E-state index contributed by atoms with van der Waals surface area (Å²) in [6, 6.07) is 15.8. The number of methoxy groups -OCH3 is 1. The van der Waals surface area contributed by atoms with Gasteiger partial charge in [-0.05, 0) is 74.2 Å². The molecule has 2 rings (SSSR count). The van der Waals surface area contributed by atoms with Crippen molar-refractivity contribution in [1.29, 1.82) is 0 Å². The predicted molar refractivity (Wildman–Crippen MR) is 90.6 cm³/mol. The van der Waals surface area contributed by atoms with Gasteiger partial charge in [-0.1, -0.05) is 24.3 Å². The van der Waals surface area contributed by atoms with E-state index in [-0.39, 0.29) is 0 Å². The van der Waals surface area contributed by atoms with Gasteiger partial charge in [-0.2, -0.15) is 0 Å². The second-order valence-corrected chi connectivity index (χ2v) is 5.47. The van der Waals surface area contributed by atoms with Crippen molar-refractivity contribution in [1.82, 2.24) is 5.32 Å². The van der Waals surface area contributed by atoms with Gasteiger partial charge in [0.2, 0.25) is 0 Å². The number of rotatable bonds is 9. The molecule has 0 heterocycles. The van der Waals surface area contributed by atoms with Gasteiger partial charge >= 0.3 is 0 Å². The molecule has 22 heavy (non-hydrogen) atoms. The zero-order chi connectivity index (χ0) is 15.6. The van der Waals surface area contributed by atoms with E-state index in [1.54, 1.807) is 19.2 Å². The molecule has 2 aromatic rings. The van der Waals surface area contributed by atoms with Crippen LogP contribution in [-0.4, -0.2) is 25.3 Å². The normalized spacial score (nSPS) is 10.6. The van der Waals surface area contributed by atoms with E-state index in [9.17, 15) is 5.11 Å². The van der Waals surface area contributed by atoms with E-state index in [2.05, 4.69) is 17.4 Å². The SMILES string of the molecule is COc1ccc(CCCNCCCc2ccc(O)cc2)cc1. The number of phenols is 1. The quantitative estimate of drug-likeness (QED) is 0.696. The molecule has 0 saturated heterocycles. The van der Waals surface area contributed by atoms with Crippen molar-refractivity contribution in [2.75, 3.05) is 20.2 Å². The number of hydrogen-bond donors (Lipinski definition) is 2. The number of hydrogen-bond acceptors (Lipinski definition) is 3. The molecule has 0 radical (unpaired) electrons. The van der Waals surface area contributed by atoms with Crippen LogP contribution in [-0.2, 0) is 12.8 Å². The molecule has 0 aliphatic carbocycles. The van der Waals surface area contributed by atoms with Crippen LogP contribution in [0.25, 0.3) is 0 Å². The summed E-state index contributed by atoms with van der Waals surface area (Å²) in [5.74, 6) is 1.25. The second kappa shape index (κ2) is 9.11. The number of phenolic OH excluding ortho intramolecular Hbond substituents is 1. The van der Waals surface area contributed by atoms with Crippen molar-refractivity contribution in [3.05, 3.63) is 59.7 Å². The highest BCUT2D eigenvalue weighted by Crippen LogP contribution is 2.12. The van der Waals surface area contributed by atoms with Gasteiger partial charge in [0.15, 0.2) is 0 Å². The van der Waals surface area contributed by atoms with Crippen molar-refractivity contribution in [2.24, 2.45) is 0 Å². The molecule has 2 aromatic carbocycles. The van der Waals surface area contributed by atoms with Gasteiger partial charge in [0.05, 0.1) is 7.11 Å². The van der Waals surface area contributed by atoms with E-state index in [0.717, 1.165) is 44.5 Å². The van der Waals surface area contributed by atoms with Crippen LogP contribution in [0.5, 0.6) is 11.5 Å². The Kier molecular flexibility index (Phi) is 6.78. The molecule has 0 fully saturated rings. The van der Waals surface area contributed by atoms with Crippen molar-refractivity contribution < 1.29 is 9.84 Å². The molecular weight excluding hydrogens is 274 g/mol. The maximum atomic E-state index is 9.23. The molecule has 0 bridgehead atoms. The third kappa shape index (κ3) is 5.78. The lowest BCUT2D eigenvalue weighted by molar-refractivity contribution is 0.414. The topological polar surface area (TPSA) is 41.5 Å². The first kappa shape index (κ1) is 16.4. The summed E-state index contributed by atoms with van der Waals surface area (Å²) in [6.07, 6.45) is 4.40. The predicted octanol–water partition coefficient (Wildman–Crippen LogP) is 3.56. The van der Waals surface area contributed by atoms with Crippen LogP contribution in [0.4, 0.5) is 0 Å². The van der Waals surface area contributed by atoms with Crippen LogP contribution in [0, 0.1) is 0 Å². The summed E-state index contributed by atoms with van der Waals surface area (Å²) in [4.78, 5) is 0. The lowest BCUT2D eigenvalue weighted by Crippen LogP contribution is -2.17. The molecule has 0 spiro atoms. The lowest BCUT2D eigenvalue weighted by Gasteiger charge is -2.06. The number of ether oxygens (including phenoxy) is 1. The van der Waals surface area contributed by atoms with E-state index in [1.807, 2.05) is 24.3 Å². The van der Waals surface area contributed by atoms with Gasteiger partial charge in [0, 0.05) is 0 Å². The first-order valence-corrected chi connectivity index (χ1v) is 7.89. The van der Waals surface area contributed by atoms with Gasteiger partial charge in [-0.3, -0.25) is 0 Å². The number of aryl methyl sites for hydroxylation is 2. The third-order valence-corrected chi connectivity index (χ3v) is 3.73. The summed E-state index contributed by atoms with van der Waals surface area (Å²) in [7, 11) is 1.69. The fourth-order valence-electron chi connectivity index (χ4n) is 2.41. The molecule has 0 aromatic heterocycles. The molecule has 2 N–H and O–H groups in total. The Morgan fingerprint density at radius 2 is 1.32 bits per heavy atom. The van der Waals surface area contributed by atoms with Gasteiger partial charge in [0.25, 0.3) is 0 Å². The van der Waals surface area contributed by atoms with Crippen molar-refractivity contribution in [3.8, 4) is 11.5 Å². The van der Waals surface area contributed by atoms with Crippen LogP contribution >= 0.6 is 0 Å². The van der Waals surface area contributed by atoms with Gasteiger partial charge < -0.3 is 15.2 Å². The van der Waals surface area contributed by atoms with Crippen LogP contribution in [0.3, 0.4) is 0 Å². The highest BCUT2D eigenvalue weighted by molar-refractivity contribution is 5.27. The first-order chi connectivity index (χ1) is 10.8. The number of benzene rings is 2. The smallest absolute Gasteiger partial charge is 0.118 e. The molecular formula is C19H25NO2. The minimum Gasteiger partial charge on any atom is -0.508 e. The maximum Gasteiger partial charge on any atom is 0.118 e. The van der Waals surface area contributed by atoms with Crippen LogP contribution < -0.4 is 10.1 Å². The minimum atomic E-state index is 0.334. The Bertz CT molecular complexity index is 534. The Hall–Kier alpha value is -2.00. The molecule has 0 saturated carbocycles. The van der Waals surface area contributed by atoms with Crippen molar-refractivity contribution in [3.63, 3.8) is 0 Å². The van der Waals surface area contributed by atoms with E-state index in [4.69, 9.17) is 4.74 Å². The Balaban J connectivity index is 1.52. The van der Waals surface area contributed by atoms with E-state index in [0.29, 0.717) is 5.75 Å². The molecule has 0 aliphatic heterocycles. The van der Waals surface area contributed by atoms with Crippen LogP contribution in [0.1, 0.15) is 24.0 Å². The Morgan fingerprint density at radius 1 is 0.818 bits per heavy atom. The van der Waals surface area contributed by atoms with Crippen LogP contribution in [0.2, 0.25) is 0 Å². The largest absolute Gasteiger partial charge is 0.508 e. The fourth-order valence-corrected chi connectivity index (χ4v) is 2.41. The highest BCUT2D eigenvalue weighted by atomic mass is 16.5. The first-order valence-electron chi connectivity index (χ1n) is 7.89. The minimum absolute atomic E-state index is 0.334. The van der Waals surface area contributed by atoms with Gasteiger partial charge in [0.1, 0.15) is 11.5 Å². The second-order valence-electron chi connectivity index (χ2n) is 5.47. The zero-order valence-corrected chi connectivity index (χ0v) is 13.2. The Morgan fingerprint density at radius 3 is 1.82 bits per heavy atom. The molecule has 118 valence electrons. The Labute approximate surface area is 133 Å². The monoisotopic (exact) mass is 299 g/mol. The molecule has 0 atom stereocenters. The highest BCUT2D eigenvalue weighted by Gasteiger charge is 1.96. The third-order valence-electron chi connectivity index (χ3n) is 3.73. The molecule has 0 aliphatic rings. The summed E-state index contributed by atoms with van der Waals surface area (Å²) >= 11 is 0. The molecule has 0 amide bonds. The van der Waals surface area contributed by atoms with E-state index in [1.165, 1.54) is 11.1 Å². The molecule has 0 unspecified atom stereocenters. The summed E-state index contributed by atoms with van der Waals surface area (Å²) in [6.45, 7) is 2.07. The van der Waals surface area contributed by atoms with E-state index < -0.39 is 0 Å². The summed E-state index contributed by atoms with van der Waals surface area (Å²) < 4.78 is 5.16. The molecule has 3 heteroatoms. The average molecular weight is 299 g/mol.